The molecule has 0 spiro atoms. The first kappa shape index (κ1) is 16.4. The van der Waals surface area contributed by atoms with Gasteiger partial charge in [0, 0.05) is 35.0 Å². The third-order valence-corrected chi connectivity index (χ3v) is 8.12. The topological polar surface area (TPSA) is 32.5 Å². The van der Waals surface area contributed by atoms with E-state index in [1.165, 1.54) is 60.5 Å². The summed E-state index contributed by atoms with van der Waals surface area (Å²) in [4.78, 5) is 6.66. The van der Waals surface area contributed by atoms with Gasteiger partial charge in [0.2, 0.25) is 0 Å². The van der Waals surface area contributed by atoms with Crippen molar-refractivity contribution in [3.05, 3.63) is 19.2 Å². The largest absolute Gasteiger partial charge is 0.329 e. The quantitative estimate of drug-likeness (QED) is 0.778. The maximum atomic E-state index is 6.09. The van der Waals surface area contributed by atoms with Crippen LogP contribution in [0.25, 0.3) is 0 Å². The van der Waals surface area contributed by atoms with Crippen LogP contribution >= 0.6 is 43.2 Å². The Hall–Kier alpha value is 0.540. The molecule has 2 fully saturated rings. The van der Waals surface area contributed by atoms with Crippen molar-refractivity contribution in [2.45, 2.75) is 37.8 Å². The Labute approximate surface area is 148 Å². The molecule has 2 aliphatic heterocycles. The minimum atomic E-state index is 0.368. The van der Waals surface area contributed by atoms with Crippen LogP contribution in [0.15, 0.2) is 14.3 Å². The average molecular weight is 437 g/mol. The van der Waals surface area contributed by atoms with Crippen LogP contribution in [0, 0.1) is 0 Å². The number of halogens is 2. The smallest absolute Gasteiger partial charge is 0.0843 e. The molecule has 2 unspecified atom stereocenters. The van der Waals surface area contributed by atoms with Gasteiger partial charge in [0.05, 0.1) is 9.83 Å². The molecule has 0 aromatic carbocycles. The average Bonchev–Trinajstić information content (AvgIpc) is 3.10. The summed E-state index contributed by atoms with van der Waals surface area (Å²) in [5, 5.41) is 0. The van der Waals surface area contributed by atoms with Crippen molar-refractivity contribution in [2.24, 2.45) is 5.73 Å². The number of piperidine rings is 1. The molecule has 3 heterocycles. The SMILES string of the molecule is NCC(c1cc(Br)c(Br)s1)N1CCC(N2CCCCC2)C1. The van der Waals surface area contributed by atoms with E-state index in [0.717, 1.165) is 10.5 Å². The Morgan fingerprint density at radius 2 is 2.00 bits per heavy atom. The highest BCUT2D eigenvalue weighted by Crippen LogP contribution is 2.38. The number of rotatable bonds is 4. The first-order chi connectivity index (χ1) is 10.2. The maximum Gasteiger partial charge on any atom is 0.0843 e. The van der Waals surface area contributed by atoms with E-state index in [9.17, 15) is 0 Å². The van der Waals surface area contributed by atoms with Gasteiger partial charge in [0.1, 0.15) is 0 Å². The Kier molecular flexibility index (Phi) is 5.78. The molecule has 3 rings (SSSR count). The number of likely N-dealkylation sites (tertiary alicyclic amines) is 2. The second-order valence-electron chi connectivity index (χ2n) is 6.06. The lowest BCUT2D eigenvalue weighted by Gasteiger charge is -2.33. The summed E-state index contributed by atoms with van der Waals surface area (Å²) in [5.41, 5.74) is 6.09. The predicted octanol–water partition coefficient (Wildman–Crippen LogP) is 3.83. The van der Waals surface area contributed by atoms with Crippen LogP contribution in [-0.2, 0) is 0 Å². The van der Waals surface area contributed by atoms with Gasteiger partial charge >= 0.3 is 0 Å². The highest BCUT2D eigenvalue weighted by atomic mass is 79.9. The van der Waals surface area contributed by atoms with Gasteiger partial charge in [-0.3, -0.25) is 9.80 Å². The highest BCUT2D eigenvalue weighted by Gasteiger charge is 2.33. The zero-order valence-electron chi connectivity index (χ0n) is 12.2. The Morgan fingerprint density at radius 1 is 1.24 bits per heavy atom. The molecule has 0 amide bonds. The van der Waals surface area contributed by atoms with E-state index in [1.54, 1.807) is 11.3 Å². The second kappa shape index (κ2) is 7.41. The van der Waals surface area contributed by atoms with Crippen molar-refractivity contribution in [1.82, 2.24) is 9.80 Å². The monoisotopic (exact) mass is 435 g/mol. The number of nitrogens with two attached hydrogens (primary N) is 1. The minimum Gasteiger partial charge on any atom is -0.329 e. The second-order valence-corrected chi connectivity index (χ2v) is 9.31. The number of thiophene rings is 1. The van der Waals surface area contributed by atoms with Crippen LogP contribution in [0.4, 0.5) is 0 Å². The van der Waals surface area contributed by atoms with Crippen molar-refractivity contribution in [1.29, 1.82) is 0 Å². The Balaban J connectivity index is 1.65. The van der Waals surface area contributed by atoms with Crippen molar-refractivity contribution < 1.29 is 0 Å². The van der Waals surface area contributed by atoms with Gasteiger partial charge < -0.3 is 5.73 Å². The zero-order valence-corrected chi connectivity index (χ0v) is 16.2. The first-order valence-electron chi connectivity index (χ1n) is 7.82. The summed E-state index contributed by atoms with van der Waals surface area (Å²) in [7, 11) is 0. The Bertz CT molecular complexity index is 454. The number of hydrogen-bond donors (Lipinski definition) is 1. The minimum absolute atomic E-state index is 0.368. The lowest BCUT2D eigenvalue weighted by molar-refractivity contribution is 0.153. The van der Waals surface area contributed by atoms with E-state index in [1.807, 2.05) is 0 Å². The molecule has 0 radical (unpaired) electrons. The zero-order chi connectivity index (χ0) is 14.8. The molecule has 21 heavy (non-hydrogen) atoms. The normalized spacial score (nSPS) is 26.3. The van der Waals surface area contributed by atoms with Crippen LogP contribution < -0.4 is 5.73 Å². The molecule has 0 saturated carbocycles. The lowest BCUT2D eigenvalue weighted by atomic mass is 10.1. The van der Waals surface area contributed by atoms with E-state index in [0.29, 0.717) is 12.6 Å². The third-order valence-electron chi connectivity index (χ3n) is 4.76. The van der Waals surface area contributed by atoms with E-state index in [2.05, 4.69) is 47.7 Å². The molecule has 1 aromatic rings. The van der Waals surface area contributed by atoms with Gasteiger partial charge in [-0.15, -0.1) is 11.3 Å². The van der Waals surface area contributed by atoms with Gasteiger partial charge in [-0.1, -0.05) is 6.42 Å². The van der Waals surface area contributed by atoms with E-state index in [4.69, 9.17) is 5.73 Å². The first-order valence-corrected chi connectivity index (χ1v) is 10.2. The highest BCUT2D eigenvalue weighted by molar-refractivity contribution is 9.13. The van der Waals surface area contributed by atoms with Crippen molar-refractivity contribution in [3.8, 4) is 0 Å². The summed E-state index contributed by atoms with van der Waals surface area (Å²) < 4.78 is 2.32. The van der Waals surface area contributed by atoms with E-state index in [-0.39, 0.29) is 0 Å². The molecule has 0 bridgehead atoms. The standard InChI is InChI=1S/C15H23Br2N3S/c16-12-8-14(21-15(12)17)13(9-18)20-7-4-11(10-20)19-5-2-1-3-6-19/h8,11,13H,1-7,9-10,18H2. The summed E-state index contributed by atoms with van der Waals surface area (Å²) in [6, 6.07) is 3.33. The maximum absolute atomic E-state index is 6.09. The van der Waals surface area contributed by atoms with E-state index < -0.39 is 0 Å². The fraction of sp³-hybridized carbons (Fsp3) is 0.733. The number of hydrogen-bond acceptors (Lipinski definition) is 4. The van der Waals surface area contributed by atoms with Crippen LogP contribution in [0.3, 0.4) is 0 Å². The number of nitrogens with zero attached hydrogens (tertiary/aromatic N) is 2. The van der Waals surface area contributed by atoms with Crippen LogP contribution in [-0.4, -0.2) is 48.6 Å². The van der Waals surface area contributed by atoms with Crippen LogP contribution in [0.1, 0.15) is 36.6 Å². The van der Waals surface area contributed by atoms with Crippen LogP contribution in [0.5, 0.6) is 0 Å². The summed E-state index contributed by atoms with van der Waals surface area (Å²) >= 11 is 9.00. The van der Waals surface area contributed by atoms with Crippen LogP contribution in [0.2, 0.25) is 0 Å². The molecule has 2 saturated heterocycles. The molecule has 2 atom stereocenters. The van der Waals surface area contributed by atoms with Gasteiger partial charge in [-0.2, -0.15) is 0 Å². The molecular weight excluding hydrogens is 414 g/mol. The van der Waals surface area contributed by atoms with Gasteiger partial charge in [0.25, 0.3) is 0 Å². The van der Waals surface area contributed by atoms with Crippen molar-refractivity contribution >= 4 is 43.2 Å². The van der Waals surface area contributed by atoms with Crippen molar-refractivity contribution in [2.75, 3.05) is 32.7 Å². The molecular formula is C15H23Br2N3S. The van der Waals surface area contributed by atoms with Crippen molar-refractivity contribution in [3.63, 3.8) is 0 Å². The molecule has 2 N–H and O–H groups in total. The summed E-state index contributed by atoms with van der Waals surface area (Å²) in [6.45, 7) is 5.64. The molecule has 0 aliphatic carbocycles. The Morgan fingerprint density at radius 3 is 2.62 bits per heavy atom. The summed E-state index contributed by atoms with van der Waals surface area (Å²) in [6.07, 6.45) is 5.46. The molecule has 3 nitrogen and oxygen atoms in total. The van der Waals surface area contributed by atoms with E-state index >= 15 is 0 Å². The molecule has 2 aliphatic rings. The fourth-order valence-electron chi connectivity index (χ4n) is 3.61. The van der Waals surface area contributed by atoms with Gasteiger partial charge in [-0.25, -0.2) is 0 Å². The fourth-order valence-corrected chi connectivity index (χ4v) is 5.84. The third kappa shape index (κ3) is 3.72. The summed E-state index contributed by atoms with van der Waals surface area (Å²) in [5.74, 6) is 0. The van der Waals surface area contributed by atoms with Gasteiger partial charge in [-0.05, 0) is 70.3 Å². The molecule has 1 aromatic heterocycles. The molecule has 6 heteroatoms. The lowest BCUT2D eigenvalue weighted by Crippen LogP contribution is -2.41. The molecule has 118 valence electrons. The van der Waals surface area contributed by atoms with Gasteiger partial charge in [0.15, 0.2) is 0 Å². The predicted molar refractivity (Wildman–Crippen MR) is 96.9 cm³/mol.